The molecule has 2 aromatic carbocycles. The summed E-state index contributed by atoms with van der Waals surface area (Å²) in [6, 6.07) is 16.8. The van der Waals surface area contributed by atoms with Gasteiger partial charge in [0, 0.05) is 36.8 Å². The first-order chi connectivity index (χ1) is 17.5. The molecule has 6 heteroatoms. The van der Waals surface area contributed by atoms with Crippen molar-refractivity contribution >= 4 is 11.8 Å². The maximum atomic E-state index is 13.3. The molecule has 1 aliphatic carbocycles. The SMILES string of the molecule is CCCN(CCC)C(=O)c1cccc(C(=O)N[C@@H](Cc2ccccc2)[C@H](O)CNC2CCCCC2)c1. The molecule has 0 aliphatic heterocycles. The van der Waals surface area contributed by atoms with Crippen LogP contribution < -0.4 is 10.6 Å². The number of carbonyl (C=O) groups is 2. The Morgan fingerprint density at radius 3 is 2.28 bits per heavy atom. The standard InChI is InChI=1S/C30H43N3O3/c1-3-18-33(19-4-2)30(36)25-15-11-14-24(21-25)29(35)32-27(20-23-12-7-5-8-13-23)28(34)22-31-26-16-9-6-10-17-26/h5,7-8,11-15,21,26-28,31,34H,3-4,6,9-10,16-20,22H2,1-2H3,(H,32,35)/t27-,28+/m0/s1. The quantitative estimate of drug-likeness (QED) is 0.382. The van der Waals surface area contributed by atoms with E-state index in [1.165, 1.54) is 19.3 Å². The first kappa shape index (κ1) is 27.9. The zero-order valence-corrected chi connectivity index (χ0v) is 21.9. The molecule has 0 spiro atoms. The van der Waals surface area contributed by atoms with Gasteiger partial charge in [-0.1, -0.05) is 69.5 Å². The molecule has 1 fully saturated rings. The lowest BCUT2D eigenvalue weighted by atomic mass is 9.95. The van der Waals surface area contributed by atoms with Crippen molar-refractivity contribution in [2.45, 2.75) is 83.4 Å². The van der Waals surface area contributed by atoms with Gasteiger partial charge < -0.3 is 20.6 Å². The number of aliphatic hydroxyl groups excluding tert-OH is 1. The van der Waals surface area contributed by atoms with Crippen molar-refractivity contribution in [1.29, 1.82) is 0 Å². The molecule has 1 saturated carbocycles. The van der Waals surface area contributed by atoms with Gasteiger partial charge in [0.1, 0.15) is 0 Å². The number of aliphatic hydroxyl groups is 1. The zero-order chi connectivity index (χ0) is 25.8. The molecular formula is C30H43N3O3. The molecule has 1 aliphatic rings. The van der Waals surface area contributed by atoms with Gasteiger partial charge in [0.05, 0.1) is 12.1 Å². The Bertz CT molecular complexity index is 937. The summed E-state index contributed by atoms with van der Waals surface area (Å²) >= 11 is 0. The lowest BCUT2D eigenvalue weighted by Gasteiger charge is -2.28. The van der Waals surface area contributed by atoms with Crippen LogP contribution in [-0.2, 0) is 6.42 Å². The van der Waals surface area contributed by atoms with Crippen molar-refractivity contribution in [3.63, 3.8) is 0 Å². The van der Waals surface area contributed by atoms with E-state index in [4.69, 9.17) is 0 Å². The van der Waals surface area contributed by atoms with Crippen LogP contribution in [0.2, 0.25) is 0 Å². The Kier molecular flexibility index (Phi) is 11.4. The van der Waals surface area contributed by atoms with Crippen LogP contribution in [0.4, 0.5) is 0 Å². The Morgan fingerprint density at radius 2 is 1.61 bits per heavy atom. The van der Waals surface area contributed by atoms with Crippen molar-refractivity contribution in [1.82, 2.24) is 15.5 Å². The van der Waals surface area contributed by atoms with Crippen LogP contribution in [0.3, 0.4) is 0 Å². The molecule has 0 aromatic heterocycles. The minimum Gasteiger partial charge on any atom is -0.390 e. The van der Waals surface area contributed by atoms with Crippen LogP contribution >= 0.6 is 0 Å². The lowest BCUT2D eigenvalue weighted by molar-refractivity contribution is 0.0755. The smallest absolute Gasteiger partial charge is 0.253 e. The molecule has 3 rings (SSSR count). The third-order valence-electron chi connectivity index (χ3n) is 6.95. The van der Waals surface area contributed by atoms with Crippen molar-refractivity contribution in [3.05, 3.63) is 71.3 Å². The number of nitrogens with zero attached hydrogens (tertiary/aromatic N) is 1. The molecule has 2 aromatic rings. The van der Waals surface area contributed by atoms with Crippen molar-refractivity contribution in [2.24, 2.45) is 0 Å². The van der Waals surface area contributed by atoms with Crippen LogP contribution in [-0.4, -0.2) is 59.6 Å². The molecule has 2 amide bonds. The van der Waals surface area contributed by atoms with E-state index in [9.17, 15) is 14.7 Å². The van der Waals surface area contributed by atoms with E-state index in [1.54, 1.807) is 24.3 Å². The number of amides is 2. The summed E-state index contributed by atoms with van der Waals surface area (Å²) in [4.78, 5) is 28.2. The number of hydrogen-bond acceptors (Lipinski definition) is 4. The molecule has 0 radical (unpaired) electrons. The molecule has 0 bridgehead atoms. The molecule has 0 saturated heterocycles. The van der Waals surface area contributed by atoms with E-state index in [0.717, 1.165) is 31.2 Å². The normalized spacial score (nSPS) is 15.8. The van der Waals surface area contributed by atoms with Gasteiger partial charge in [-0.2, -0.15) is 0 Å². The predicted molar refractivity (Wildman–Crippen MR) is 145 cm³/mol. The lowest BCUT2D eigenvalue weighted by Crippen LogP contribution is -2.50. The summed E-state index contributed by atoms with van der Waals surface area (Å²) in [6.45, 7) is 5.94. The summed E-state index contributed by atoms with van der Waals surface area (Å²) < 4.78 is 0. The number of carbonyl (C=O) groups excluding carboxylic acids is 2. The third kappa shape index (κ3) is 8.45. The van der Waals surface area contributed by atoms with E-state index < -0.39 is 12.1 Å². The summed E-state index contributed by atoms with van der Waals surface area (Å²) in [7, 11) is 0. The predicted octanol–water partition coefficient (Wildman–Crippen LogP) is 4.57. The fourth-order valence-corrected chi connectivity index (χ4v) is 4.97. The number of hydrogen-bond donors (Lipinski definition) is 3. The molecular weight excluding hydrogens is 450 g/mol. The van der Waals surface area contributed by atoms with Gasteiger partial charge in [0.15, 0.2) is 0 Å². The highest BCUT2D eigenvalue weighted by Crippen LogP contribution is 2.18. The van der Waals surface area contributed by atoms with Gasteiger partial charge in [-0.3, -0.25) is 9.59 Å². The maximum Gasteiger partial charge on any atom is 0.253 e. The van der Waals surface area contributed by atoms with Crippen LogP contribution in [0.1, 0.15) is 85.1 Å². The molecule has 196 valence electrons. The molecule has 0 heterocycles. The van der Waals surface area contributed by atoms with Crippen molar-refractivity contribution in [3.8, 4) is 0 Å². The van der Waals surface area contributed by atoms with Gasteiger partial charge in [-0.15, -0.1) is 0 Å². The molecule has 6 nitrogen and oxygen atoms in total. The number of rotatable bonds is 13. The Hall–Kier alpha value is -2.70. The Morgan fingerprint density at radius 1 is 0.944 bits per heavy atom. The van der Waals surface area contributed by atoms with Gasteiger partial charge in [0.25, 0.3) is 11.8 Å². The minimum absolute atomic E-state index is 0.0501. The monoisotopic (exact) mass is 493 g/mol. The molecule has 0 unspecified atom stereocenters. The highest BCUT2D eigenvalue weighted by molar-refractivity contribution is 5.99. The van der Waals surface area contributed by atoms with Gasteiger partial charge in [0.2, 0.25) is 0 Å². The first-order valence-corrected chi connectivity index (χ1v) is 13.7. The largest absolute Gasteiger partial charge is 0.390 e. The van der Waals surface area contributed by atoms with Crippen molar-refractivity contribution < 1.29 is 14.7 Å². The van der Waals surface area contributed by atoms with Crippen LogP contribution in [0.25, 0.3) is 0 Å². The van der Waals surface area contributed by atoms with E-state index in [2.05, 4.69) is 24.5 Å². The molecule has 3 N–H and O–H groups in total. The highest BCUT2D eigenvalue weighted by atomic mass is 16.3. The van der Waals surface area contributed by atoms with E-state index in [-0.39, 0.29) is 11.8 Å². The van der Waals surface area contributed by atoms with Crippen LogP contribution in [0, 0.1) is 0 Å². The zero-order valence-electron chi connectivity index (χ0n) is 21.9. The van der Waals surface area contributed by atoms with Gasteiger partial charge in [-0.05, 0) is 55.9 Å². The highest BCUT2D eigenvalue weighted by Gasteiger charge is 2.24. The topological polar surface area (TPSA) is 81.7 Å². The van der Waals surface area contributed by atoms with Gasteiger partial charge in [-0.25, -0.2) is 0 Å². The summed E-state index contributed by atoms with van der Waals surface area (Å²) in [5, 5.41) is 17.7. The Balaban J connectivity index is 1.71. The summed E-state index contributed by atoms with van der Waals surface area (Å²) in [5.74, 6) is -0.328. The van der Waals surface area contributed by atoms with E-state index >= 15 is 0 Å². The van der Waals surface area contributed by atoms with E-state index in [0.29, 0.717) is 43.2 Å². The summed E-state index contributed by atoms with van der Waals surface area (Å²) in [6.07, 6.45) is 7.57. The van der Waals surface area contributed by atoms with Crippen molar-refractivity contribution in [2.75, 3.05) is 19.6 Å². The summed E-state index contributed by atoms with van der Waals surface area (Å²) in [5.41, 5.74) is 2.00. The Labute approximate surface area is 216 Å². The average molecular weight is 494 g/mol. The first-order valence-electron chi connectivity index (χ1n) is 13.7. The molecule has 2 atom stereocenters. The number of benzene rings is 2. The second-order valence-corrected chi connectivity index (χ2v) is 9.95. The second kappa shape index (κ2) is 14.8. The fourth-order valence-electron chi connectivity index (χ4n) is 4.97. The van der Waals surface area contributed by atoms with E-state index in [1.807, 2.05) is 35.2 Å². The number of nitrogens with one attached hydrogen (secondary N) is 2. The molecule has 36 heavy (non-hydrogen) atoms. The third-order valence-corrected chi connectivity index (χ3v) is 6.95. The maximum absolute atomic E-state index is 13.3. The van der Waals surface area contributed by atoms with Crippen LogP contribution in [0.5, 0.6) is 0 Å². The fraction of sp³-hybridized carbons (Fsp3) is 0.533. The average Bonchev–Trinajstić information content (AvgIpc) is 2.92. The second-order valence-electron chi connectivity index (χ2n) is 9.95. The van der Waals surface area contributed by atoms with Crippen LogP contribution in [0.15, 0.2) is 54.6 Å². The minimum atomic E-state index is -0.731. The van der Waals surface area contributed by atoms with Gasteiger partial charge >= 0.3 is 0 Å².